The monoisotopic (exact) mass is 318 g/mol. The first-order valence-electron chi connectivity index (χ1n) is 9.04. The Labute approximate surface area is 135 Å². The van der Waals surface area contributed by atoms with Gasteiger partial charge in [-0.05, 0) is 42.3 Å². The van der Waals surface area contributed by atoms with E-state index in [2.05, 4.69) is 24.3 Å². The molecule has 3 heteroatoms. The Morgan fingerprint density at radius 1 is 0.773 bits per heavy atom. The molecule has 3 aliphatic rings. The molecule has 0 aromatic heterocycles. The first-order chi connectivity index (χ1) is 10.9. The highest BCUT2D eigenvalue weighted by molar-refractivity contribution is 7.67. The van der Waals surface area contributed by atoms with Crippen LogP contribution in [0.2, 0.25) is 0 Å². The molecule has 2 saturated carbocycles. The molecule has 1 aromatic carbocycles. The Morgan fingerprint density at radius 2 is 1.32 bits per heavy atom. The number of ether oxygens (including phenoxy) is 2. The second-order valence-corrected chi connectivity index (χ2v) is 9.67. The molecule has 0 unspecified atom stereocenters. The van der Waals surface area contributed by atoms with E-state index in [0.717, 1.165) is 24.5 Å². The van der Waals surface area contributed by atoms with E-state index >= 15 is 0 Å². The van der Waals surface area contributed by atoms with Gasteiger partial charge in [-0.1, -0.05) is 57.9 Å². The van der Waals surface area contributed by atoms with Gasteiger partial charge in [0.25, 0.3) is 0 Å². The van der Waals surface area contributed by atoms with Crippen molar-refractivity contribution in [3.8, 4) is 0 Å². The standard InChI is InChI=1S/C19H27O2P/c1-2-8-15(7-1)22(16-9-3-4-10-16)18-12-6-5-11-17(18)19-20-13-14-21-19/h5-6,11-12,15-16,19H,1-4,7-10,13-14H2. The summed E-state index contributed by atoms with van der Waals surface area (Å²) in [6.45, 7) is 1.48. The van der Waals surface area contributed by atoms with Crippen LogP contribution < -0.4 is 5.30 Å². The normalized spacial score (nSPS) is 24.8. The number of hydrogen-bond donors (Lipinski definition) is 0. The van der Waals surface area contributed by atoms with E-state index in [9.17, 15) is 0 Å². The summed E-state index contributed by atoms with van der Waals surface area (Å²) in [5.41, 5.74) is 3.23. The minimum absolute atomic E-state index is 0.0549. The molecule has 1 saturated heterocycles. The average molecular weight is 318 g/mol. The van der Waals surface area contributed by atoms with Crippen LogP contribution in [0.4, 0.5) is 0 Å². The summed E-state index contributed by atoms with van der Waals surface area (Å²) in [4.78, 5) is 0. The summed E-state index contributed by atoms with van der Waals surface area (Å²) >= 11 is 0. The average Bonchev–Trinajstić information content (AvgIpc) is 3.32. The summed E-state index contributed by atoms with van der Waals surface area (Å²) in [7, 11) is -0.0549. The van der Waals surface area contributed by atoms with Crippen LogP contribution in [0.25, 0.3) is 0 Å². The predicted molar refractivity (Wildman–Crippen MR) is 92.2 cm³/mol. The van der Waals surface area contributed by atoms with Gasteiger partial charge in [-0.25, -0.2) is 0 Å². The van der Waals surface area contributed by atoms with E-state index in [1.165, 1.54) is 56.9 Å². The van der Waals surface area contributed by atoms with E-state index in [1.807, 2.05) is 0 Å². The molecule has 22 heavy (non-hydrogen) atoms. The quantitative estimate of drug-likeness (QED) is 0.748. The Bertz CT molecular complexity index is 470. The molecule has 1 aliphatic heterocycles. The maximum atomic E-state index is 5.84. The molecule has 120 valence electrons. The minimum atomic E-state index is -0.107. The molecule has 0 spiro atoms. The third-order valence-corrected chi connectivity index (χ3v) is 9.10. The second-order valence-electron chi connectivity index (χ2n) is 6.92. The topological polar surface area (TPSA) is 18.5 Å². The molecular weight excluding hydrogens is 291 g/mol. The smallest absolute Gasteiger partial charge is 0.184 e. The summed E-state index contributed by atoms with van der Waals surface area (Å²) in [5.74, 6) is 0. The van der Waals surface area contributed by atoms with E-state index < -0.39 is 0 Å². The fourth-order valence-electron chi connectivity index (χ4n) is 4.52. The van der Waals surface area contributed by atoms with Gasteiger partial charge in [0.05, 0.1) is 13.2 Å². The molecule has 0 N–H and O–H groups in total. The Morgan fingerprint density at radius 3 is 1.91 bits per heavy atom. The molecule has 4 rings (SSSR count). The van der Waals surface area contributed by atoms with Crippen molar-refractivity contribution < 1.29 is 9.47 Å². The van der Waals surface area contributed by atoms with Crippen LogP contribution in [0.1, 0.15) is 63.2 Å². The predicted octanol–water partition coefficient (Wildman–Crippen LogP) is 4.72. The van der Waals surface area contributed by atoms with E-state index in [0.29, 0.717) is 0 Å². The molecule has 3 fully saturated rings. The first-order valence-corrected chi connectivity index (χ1v) is 10.5. The van der Waals surface area contributed by atoms with E-state index in [-0.39, 0.29) is 14.2 Å². The molecule has 1 aromatic rings. The summed E-state index contributed by atoms with van der Waals surface area (Å²) < 4.78 is 11.7. The Kier molecular flexibility index (Phi) is 4.80. The lowest BCUT2D eigenvalue weighted by Gasteiger charge is -2.32. The van der Waals surface area contributed by atoms with Gasteiger partial charge < -0.3 is 9.47 Å². The second kappa shape index (κ2) is 6.99. The zero-order chi connectivity index (χ0) is 14.8. The fraction of sp³-hybridized carbons (Fsp3) is 0.684. The van der Waals surface area contributed by atoms with Gasteiger partial charge >= 0.3 is 0 Å². The minimum Gasteiger partial charge on any atom is -0.346 e. The molecule has 0 amide bonds. The highest BCUT2D eigenvalue weighted by atomic mass is 31.1. The van der Waals surface area contributed by atoms with Crippen LogP contribution in [0.5, 0.6) is 0 Å². The van der Waals surface area contributed by atoms with Crippen molar-refractivity contribution in [3.05, 3.63) is 29.8 Å². The summed E-state index contributed by atoms with van der Waals surface area (Å²) in [6, 6.07) is 9.03. The Balaban J connectivity index is 1.68. The fourth-order valence-corrected chi connectivity index (χ4v) is 8.48. The first kappa shape index (κ1) is 15.1. The summed E-state index contributed by atoms with van der Waals surface area (Å²) in [6.07, 6.45) is 11.4. The third kappa shape index (κ3) is 2.98. The van der Waals surface area contributed by atoms with Gasteiger partial charge in [0, 0.05) is 5.56 Å². The van der Waals surface area contributed by atoms with Crippen LogP contribution in [0.15, 0.2) is 24.3 Å². The van der Waals surface area contributed by atoms with Crippen molar-refractivity contribution in [2.75, 3.05) is 13.2 Å². The highest BCUT2D eigenvalue weighted by Crippen LogP contribution is 2.57. The van der Waals surface area contributed by atoms with Crippen LogP contribution in [0.3, 0.4) is 0 Å². The van der Waals surface area contributed by atoms with Crippen molar-refractivity contribution in [3.63, 3.8) is 0 Å². The van der Waals surface area contributed by atoms with E-state index in [4.69, 9.17) is 9.47 Å². The lowest BCUT2D eigenvalue weighted by Crippen LogP contribution is -2.23. The van der Waals surface area contributed by atoms with Gasteiger partial charge in [0.15, 0.2) is 6.29 Å². The molecule has 2 aliphatic carbocycles. The van der Waals surface area contributed by atoms with Gasteiger partial charge in [-0.3, -0.25) is 0 Å². The van der Waals surface area contributed by atoms with E-state index in [1.54, 1.807) is 5.30 Å². The Hall–Kier alpha value is -0.430. The van der Waals surface area contributed by atoms with Crippen molar-refractivity contribution in [2.24, 2.45) is 0 Å². The van der Waals surface area contributed by atoms with Crippen molar-refractivity contribution in [1.82, 2.24) is 0 Å². The lowest BCUT2D eigenvalue weighted by molar-refractivity contribution is -0.0433. The molecule has 0 bridgehead atoms. The maximum absolute atomic E-state index is 5.84. The number of benzene rings is 1. The van der Waals surface area contributed by atoms with Crippen LogP contribution in [-0.2, 0) is 9.47 Å². The largest absolute Gasteiger partial charge is 0.346 e. The highest BCUT2D eigenvalue weighted by Gasteiger charge is 2.36. The van der Waals surface area contributed by atoms with Crippen LogP contribution in [0, 0.1) is 0 Å². The molecule has 0 atom stereocenters. The zero-order valence-electron chi connectivity index (χ0n) is 13.4. The van der Waals surface area contributed by atoms with Crippen molar-refractivity contribution in [2.45, 2.75) is 69.0 Å². The zero-order valence-corrected chi connectivity index (χ0v) is 14.3. The summed E-state index contributed by atoms with van der Waals surface area (Å²) in [5, 5.41) is 1.60. The van der Waals surface area contributed by atoms with Crippen molar-refractivity contribution in [1.29, 1.82) is 0 Å². The van der Waals surface area contributed by atoms with Gasteiger partial charge in [0.2, 0.25) is 0 Å². The van der Waals surface area contributed by atoms with Crippen LogP contribution >= 0.6 is 7.92 Å². The molecule has 1 heterocycles. The number of hydrogen-bond acceptors (Lipinski definition) is 2. The molecule has 0 radical (unpaired) electrons. The molecule has 2 nitrogen and oxygen atoms in total. The van der Waals surface area contributed by atoms with Crippen molar-refractivity contribution >= 4 is 13.2 Å². The maximum Gasteiger partial charge on any atom is 0.184 e. The number of rotatable bonds is 4. The van der Waals surface area contributed by atoms with Gasteiger partial charge in [-0.15, -0.1) is 0 Å². The SMILES string of the molecule is c1ccc(P(C2CCCC2)C2CCCC2)c(C2OCCO2)c1. The van der Waals surface area contributed by atoms with Gasteiger partial charge in [0.1, 0.15) is 0 Å². The third-order valence-electron chi connectivity index (χ3n) is 5.53. The molecular formula is C19H27O2P. The lowest BCUT2D eigenvalue weighted by atomic mass is 10.2. The van der Waals surface area contributed by atoms with Crippen LogP contribution in [-0.4, -0.2) is 24.5 Å². The van der Waals surface area contributed by atoms with Gasteiger partial charge in [-0.2, -0.15) is 0 Å².